The molecule has 2 heterocycles. The van der Waals surface area contributed by atoms with Gasteiger partial charge in [0.15, 0.2) is 0 Å². The number of rotatable bonds is 5. The van der Waals surface area contributed by atoms with E-state index in [-0.39, 0.29) is 24.1 Å². The van der Waals surface area contributed by atoms with Gasteiger partial charge >= 0.3 is 0 Å². The highest BCUT2D eigenvalue weighted by Crippen LogP contribution is 2.29. The number of amides is 1. The van der Waals surface area contributed by atoms with Gasteiger partial charge in [-0.25, -0.2) is 4.68 Å². The number of carbonyl (C=O) groups excluding carboxylic acids is 1. The van der Waals surface area contributed by atoms with Crippen molar-refractivity contribution in [3.8, 4) is 0 Å². The predicted molar refractivity (Wildman–Crippen MR) is 134 cm³/mol. The number of nitrogens with zero attached hydrogens (tertiary/aromatic N) is 4. The number of aromatic nitrogens is 2. The maximum absolute atomic E-state index is 13.1. The fourth-order valence-corrected chi connectivity index (χ4v) is 4.85. The average Bonchev–Trinajstić information content (AvgIpc) is 2.89. The van der Waals surface area contributed by atoms with Gasteiger partial charge in [-0.3, -0.25) is 14.5 Å². The van der Waals surface area contributed by atoms with E-state index in [0.717, 1.165) is 24.2 Å². The van der Waals surface area contributed by atoms with Crippen LogP contribution in [-0.2, 0) is 11.3 Å². The molecule has 0 saturated carbocycles. The van der Waals surface area contributed by atoms with E-state index in [4.69, 9.17) is 0 Å². The summed E-state index contributed by atoms with van der Waals surface area (Å²) < 4.78 is 1.31. The van der Waals surface area contributed by atoms with Gasteiger partial charge in [-0.2, -0.15) is 5.10 Å². The molecule has 1 aliphatic rings. The third-order valence-corrected chi connectivity index (χ3v) is 6.60. The van der Waals surface area contributed by atoms with Gasteiger partial charge in [0, 0.05) is 31.6 Å². The summed E-state index contributed by atoms with van der Waals surface area (Å²) in [4.78, 5) is 30.2. The zero-order valence-electron chi connectivity index (χ0n) is 19.3. The molecule has 0 radical (unpaired) electrons. The maximum atomic E-state index is 13.1. The van der Waals surface area contributed by atoms with Crippen molar-refractivity contribution in [3.05, 3.63) is 112 Å². The quantitative estimate of drug-likeness (QED) is 0.464. The van der Waals surface area contributed by atoms with Crippen molar-refractivity contribution in [2.75, 3.05) is 26.2 Å². The van der Waals surface area contributed by atoms with Crippen molar-refractivity contribution in [1.29, 1.82) is 0 Å². The summed E-state index contributed by atoms with van der Waals surface area (Å²) in [7, 11) is 0. The van der Waals surface area contributed by atoms with E-state index in [1.807, 2.05) is 42.2 Å². The minimum absolute atomic E-state index is 0.0364. The third kappa shape index (κ3) is 4.37. The van der Waals surface area contributed by atoms with Gasteiger partial charge in [0.1, 0.15) is 6.54 Å². The monoisotopic (exact) mass is 452 g/mol. The van der Waals surface area contributed by atoms with Gasteiger partial charge in [0.2, 0.25) is 5.91 Å². The molecular weight excluding hydrogens is 424 g/mol. The molecule has 6 heteroatoms. The van der Waals surface area contributed by atoms with E-state index in [0.29, 0.717) is 18.5 Å². The summed E-state index contributed by atoms with van der Waals surface area (Å²) in [6, 6.07) is 28.6. The molecule has 4 aromatic rings. The van der Waals surface area contributed by atoms with Crippen LogP contribution in [0.5, 0.6) is 0 Å². The Bertz CT molecular complexity index is 1300. The highest BCUT2D eigenvalue weighted by atomic mass is 16.2. The molecule has 0 spiro atoms. The van der Waals surface area contributed by atoms with E-state index in [1.165, 1.54) is 15.8 Å². The molecule has 5 rings (SSSR count). The fraction of sp³-hybridized carbons (Fsp3) is 0.250. The first-order chi connectivity index (χ1) is 16.6. The van der Waals surface area contributed by atoms with Crippen molar-refractivity contribution >= 4 is 16.7 Å². The molecule has 34 heavy (non-hydrogen) atoms. The van der Waals surface area contributed by atoms with E-state index in [9.17, 15) is 9.59 Å². The van der Waals surface area contributed by atoms with Crippen LogP contribution in [-0.4, -0.2) is 51.7 Å². The van der Waals surface area contributed by atoms with Gasteiger partial charge in [0.25, 0.3) is 5.56 Å². The first-order valence-corrected chi connectivity index (χ1v) is 11.7. The molecule has 1 aromatic heterocycles. The predicted octanol–water partition coefficient (Wildman–Crippen LogP) is 3.64. The molecule has 1 saturated heterocycles. The van der Waals surface area contributed by atoms with Crippen molar-refractivity contribution in [1.82, 2.24) is 19.6 Å². The summed E-state index contributed by atoms with van der Waals surface area (Å²) in [6.07, 6.45) is 0. The topological polar surface area (TPSA) is 58.4 Å². The van der Waals surface area contributed by atoms with Crippen molar-refractivity contribution in [2.24, 2.45) is 0 Å². The van der Waals surface area contributed by atoms with Crippen molar-refractivity contribution < 1.29 is 4.79 Å². The number of benzene rings is 3. The lowest BCUT2D eigenvalue weighted by Gasteiger charge is -2.39. The molecule has 1 aliphatic heterocycles. The highest BCUT2D eigenvalue weighted by Gasteiger charge is 2.28. The Morgan fingerprint density at radius 2 is 1.32 bits per heavy atom. The van der Waals surface area contributed by atoms with Crippen molar-refractivity contribution in [3.63, 3.8) is 0 Å². The SMILES string of the molecule is Cc1nn(CC(=O)N2CCN(C(c3ccccc3)c3ccccc3)CC2)c(=O)c2ccccc12. The minimum atomic E-state index is -0.221. The second-order valence-corrected chi connectivity index (χ2v) is 8.73. The van der Waals surface area contributed by atoms with Crippen LogP contribution < -0.4 is 5.56 Å². The Balaban J connectivity index is 1.31. The average molecular weight is 453 g/mol. The van der Waals surface area contributed by atoms with Gasteiger partial charge in [-0.15, -0.1) is 0 Å². The van der Waals surface area contributed by atoms with Gasteiger partial charge in [-0.1, -0.05) is 78.9 Å². The Labute approximate surface area is 199 Å². The van der Waals surface area contributed by atoms with E-state index in [2.05, 4.69) is 58.5 Å². The number of piperazine rings is 1. The molecule has 172 valence electrons. The van der Waals surface area contributed by atoms with Crippen LogP contribution in [0.25, 0.3) is 10.8 Å². The zero-order chi connectivity index (χ0) is 23.5. The first-order valence-electron chi connectivity index (χ1n) is 11.7. The van der Waals surface area contributed by atoms with Gasteiger partial charge in [0.05, 0.1) is 17.1 Å². The molecule has 3 aromatic carbocycles. The standard InChI is InChI=1S/C28H28N4O2/c1-21-24-14-8-9-15-25(24)28(34)32(29-21)20-26(33)30-16-18-31(19-17-30)27(22-10-4-2-5-11-22)23-12-6-3-7-13-23/h2-15,27H,16-20H2,1H3. The maximum Gasteiger partial charge on any atom is 0.275 e. The summed E-state index contributed by atoms with van der Waals surface area (Å²) in [6.45, 7) is 4.60. The van der Waals surface area contributed by atoms with Gasteiger partial charge < -0.3 is 4.90 Å². The lowest BCUT2D eigenvalue weighted by Crippen LogP contribution is -2.51. The Morgan fingerprint density at radius 1 is 0.794 bits per heavy atom. The summed E-state index contributed by atoms with van der Waals surface area (Å²) >= 11 is 0. The third-order valence-electron chi connectivity index (χ3n) is 6.60. The van der Waals surface area contributed by atoms with E-state index >= 15 is 0 Å². The Kier molecular flexibility index (Phi) is 6.23. The van der Waals surface area contributed by atoms with Gasteiger partial charge in [-0.05, 0) is 24.1 Å². The number of hydrogen-bond acceptors (Lipinski definition) is 4. The summed E-state index contributed by atoms with van der Waals surface area (Å²) in [5.74, 6) is -0.0695. The zero-order valence-corrected chi connectivity index (χ0v) is 19.3. The lowest BCUT2D eigenvalue weighted by molar-refractivity contribution is -0.134. The van der Waals surface area contributed by atoms with E-state index in [1.54, 1.807) is 6.07 Å². The second kappa shape index (κ2) is 9.61. The molecule has 6 nitrogen and oxygen atoms in total. The van der Waals surface area contributed by atoms with E-state index < -0.39 is 0 Å². The number of hydrogen-bond donors (Lipinski definition) is 0. The van der Waals surface area contributed by atoms with Crippen LogP contribution >= 0.6 is 0 Å². The Morgan fingerprint density at radius 3 is 1.91 bits per heavy atom. The largest absolute Gasteiger partial charge is 0.339 e. The first kappa shape index (κ1) is 22.0. The van der Waals surface area contributed by atoms with Crippen LogP contribution in [0.15, 0.2) is 89.7 Å². The van der Waals surface area contributed by atoms with Crippen LogP contribution in [0.2, 0.25) is 0 Å². The molecule has 0 bridgehead atoms. The number of carbonyl (C=O) groups is 1. The minimum Gasteiger partial charge on any atom is -0.339 e. The molecule has 0 unspecified atom stereocenters. The van der Waals surface area contributed by atoms with Crippen LogP contribution in [0, 0.1) is 6.92 Å². The highest BCUT2D eigenvalue weighted by molar-refractivity contribution is 5.83. The summed E-state index contributed by atoms with van der Waals surface area (Å²) in [5, 5.41) is 5.83. The smallest absolute Gasteiger partial charge is 0.275 e. The molecule has 0 atom stereocenters. The summed E-state index contributed by atoms with van der Waals surface area (Å²) in [5.41, 5.74) is 3.02. The molecule has 1 fully saturated rings. The molecular formula is C28H28N4O2. The fourth-order valence-electron chi connectivity index (χ4n) is 4.85. The van der Waals surface area contributed by atoms with Crippen LogP contribution in [0.1, 0.15) is 22.9 Å². The van der Waals surface area contributed by atoms with Crippen molar-refractivity contribution in [2.45, 2.75) is 19.5 Å². The second-order valence-electron chi connectivity index (χ2n) is 8.73. The molecule has 0 N–H and O–H groups in total. The number of fused-ring (bicyclic) bond motifs is 1. The Hall–Kier alpha value is -3.77. The number of aryl methyl sites for hydroxylation is 1. The van der Waals surface area contributed by atoms with Crippen LogP contribution in [0.3, 0.4) is 0 Å². The lowest BCUT2D eigenvalue weighted by atomic mass is 9.96. The normalized spacial score (nSPS) is 14.6. The molecule has 1 amide bonds. The molecule has 0 aliphatic carbocycles. The van der Waals surface area contributed by atoms with Crippen LogP contribution in [0.4, 0.5) is 0 Å².